The second-order valence-corrected chi connectivity index (χ2v) is 7.32. The lowest BCUT2D eigenvalue weighted by Gasteiger charge is -2.15. The maximum atomic E-state index is 12.8. The highest BCUT2D eigenvalue weighted by molar-refractivity contribution is 6.39. The SMILES string of the molecule is CC(C)NC(=O)NC(=O)COC(=O)c1ccc2c(c1)C(=O)N(c1ccccc1Cl)C2=O. The third-order valence-electron chi connectivity index (χ3n) is 4.22. The molecule has 0 aliphatic carbocycles. The van der Waals surface area contributed by atoms with E-state index in [1.165, 1.54) is 24.3 Å². The number of anilines is 1. The fourth-order valence-corrected chi connectivity index (χ4v) is 3.12. The van der Waals surface area contributed by atoms with E-state index < -0.39 is 36.3 Å². The quantitative estimate of drug-likeness (QED) is 0.541. The number of benzene rings is 2. The Hall–Kier alpha value is -3.72. The molecule has 1 aliphatic heterocycles. The summed E-state index contributed by atoms with van der Waals surface area (Å²) in [5.74, 6) is -2.91. The summed E-state index contributed by atoms with van der Waals surface area (Å²) < 4.78 is 4.89. The summed E-state index contributed by atoms with van der Waals surface area (Å²) in [5.41, 5.74) is 0.334. The molecular weight excluding hydrogens is 426 g/mol. The van der Waals surface area contributed by atoms with Crippen molar-refractivity contribution in [2.45, 2.75) is 19.9 Å². The summed E-state index contributed by atoms with van der Waals surface area (Å²) in [7, 11) is 0. The molecule has 10 heteroatoms. The van der Waals surface area contributed by atoms with Crippen LogP contribution in [-0.2, 0) is 9.53 Å². The first-order valence-corrected chi connectivity index (χ1v) is 9.61. The Bertz CT molecular complexity index is 1100. The number of hydrogen-bond acceptors (Lipinski definition) is 6. The van der Waals surface area contributed by atoms with Crippen LogP contribution in [0.2, 0.25) is 5.02 Å². The van der Waals surface area contributed by atoms with Crippen molar-refractivity contribution in [1.29, 1.82) is 0 Å². The van der Waals surface area contributed by atoms with Gasteiger partial charge in [-0.1, -0.05) is 23.7 Å². The largest absolute Gasteiger partial charge is 0.452 e. The van der Waals surface area contributed by atoms with Crippen molar-refractivity contribution in [2.24, 2.45) is 0 Å². The minimum absolute atomic E-state index is 0.0140. The average Bonchev–Trinajstić information content (AvgIpc) is 2.96. The molecule has 3 rings (SSSR count). The monoisotopic (exact) mass is 443 g/mol. The van der Waals surface area contributed by atoms with Gasteiger partial charge < -0.3 is 10.1 Å². The zero-order chi connectivity index (χ0) is 22.7. The second-order valence-electron chi connectivity index (χ2n) is 6.91. The summed E-state index contributed by atoms with van der Waals surface area (Å²) in [5, 5.41) is 4.70. The number of carbonyl (C=O) groups excluding carboxylic acids is 5. The molecule has 1 heterocycles. The number of imide groups is 2. The molecule has 0 saturated carbocycles. The first-order chi connectivity index (χ1) is 14.7. The number of para-hydroxylation sites is 1. The molecule has 0 fully saturated rings. The van der Waals surface area contributed by atoms with Crippen LogP contribution in [0.5, 0.6) is 0 Å². The molecule has 2 aromatic rings. The lowest BCUT2D eigenvalue weighted by atomic mass is 10.1. The Labute approximate surface area is 182 Å². The van der Waals surface area contributed by atoms with Gasteiger partial charge in [0.05, 0.1) is 27.4 Å². The molecule has 0 atom stereocenters. The predicted octanol–water partition coefficient (Wildman–Crippen LogP) is 2.53. The van der Waals surface area contributed by atoms with E-state index in [1.807, 2.05) is 5.32 Å². The van der Waals surface area contributed by atoms with Gasteiger partial charge in [-0.3, -0.25) is 19.7 Å². The molecule has 160 valence electrons. The molecule has 0 saturated heterocycles. The van der Waals surface area contributed by atoms with Crippen molar-refractivity contribution in [1.82, 2.24) is 10.6 Å². The summed E-state index contributed by atoms with van der Waals surface area (Å²) in [6.45, 7) is 2.74. The van der Waals surface area contributed by atoms with E-state index >= 15 is 0 Å². The van der Waals surface area contributed by atoms with E-state index in [4.69, 9.17) is 16.3 Å². The van der Waals surface area contributed by atoms with Gasteiger partial charge in [0.15, 0.2) is 6.61 Å². The predicted molar refractivity (Wildman–Crippen MR) is 111 cm³/mol. The van der Waals surface area contributed by atoms with Crippen LogP contribution in [0, 0.1) is 0 Å². The lowest BCUT2D eigenvalue weighted by Crippen LogP contribution is -2.44. The van der Waals surface area contributed by atoms with Crippen LogP contribution in [0.3, 0.4) is 0 Å². The highest BCUT2D eigenvalue weighted by Gasteiger charge is 2.38. The van der Waals surface area contributed by atoms with Crippen LogP contribution in [0.15, 0.2) is 42.5 Å². The van der Waals surface area contributed by atoms with Gasteiger partial charge in [-0.25, -0.2) is 14.5 Å². The van der Waals surface area contributed by atoms with E-state index in [-0.39, 0.29) is 33.4 Å². The van der Waals surface area contributed by atoms with Crippen molar-refractivity contribution in [2.75, 3.05) is 11.5 Å². The van der Waals surface area contributed by atoms with Crippen molar-refractivity contribution in [3.05, 3.63) is 64.2 Å². The molecule has 0 bridgehead atoms. The lowest BCUT2D eigenvalue weighted by molar-refractivity contribution is -0.123. The topological polar surface area (TPSA) is 122 Å². The molecule has 2 aromatic carbocycles. The zero-order valence-electron chi connectivity index (χ0n) is 16.6. The van der Waals surface area contributed by atoms with E-state index in [9.17, 15) is 24.0 Å². The van der Waals surface area contributed by atoms with Crippen molar-refractivity contribution >= 4 is 47.0 Å². The first kappa shape index (κ1) is 22.0. The van der Waals surface area contributed by atoms with Gasteiger partial charge in [0.25, 0.3) is 17.7 Å². The molecular formula is C21H18ClN3O6. The summed E-state index contributed by atoms with van der Waals surface area (Å²) >= 11 is 6.11. The molecule has 0 spiro atoms. The van der Waals surface area contributed by atoms with E-state index in [1.54, 1.807) is 32.0 Å². The van der Waals surface area contributed by atoms with Gasteiger partial charge >= 0.3 is 12.0 Å². The number of hydrogen-bond donors (Lipinski definition) is 2. The minimum Gasteiger partial charge on any atom is -0.452 e. The van der Waals surface area contributed by atoms with Crippen LogP contribution in [-0.4, -0.2) is 42.4 Å². The van der Waals surface area contributed by atoms with E-state index in [0.29, 0.717) is 0 Å². The number of fused-ring (bicyclic) bond motifs is 1. The molecule has 9 nitrogen and oxygen atoms in total. The number of esters is 1. The number of urea groups is 1. The Balaban J connectivity index is 1.70. The standard InChI is InChI=1S/C21H18ClN3O6/c1-11(2)23-21(30)24-17(26)10-31-20(29)12-7-8-13-14(9-12)19(28)25(18(13)27)16-6-4-3-5-15(16)22/h3-9,11H,10H2,1-2H3,(H2,23,24,26,30). The van der Waals surface area contributed by atoms with Crippen molar-refractivity contribution in [3.8, 4) is 0 Å². The Morgan fingerprint density at radius 1 is 1.03 bits per heavy atom. The average molecular weight is 444 g/mol. The molecule has 0 aromatic heterocycles. The Morgan fingerprint density at radius 3 is 2.39 bits per heavy atom. The number of rotatable bonds is 5. The summed E-state index contributed by atoms with van der Waals surface area (Å²) in [6, 6.07) is 9.37. The van der Waals surface area contributed by atoms with Crippen LogP contribution in [0.1, 0.15) is 44.9 Å². The van der Waals surface area contributed by atoms with Crippen LogP contribution < -0.4 is 15.5 Å². The van der Waals surface area contributed by atoms with Crippen LogP contribution in [0.25, 0.3) is 0 Å². The van der Waals surface area contributed by atoms with E-state index in [0.717, 1.165) is 4.90 Å². The number of halogens is 1. The Kier molecular flexibility index (Phi) is 6.36. The molecule has 0 radical (unpaired) electrons. The summed E-state index contributed by atoms with van der Waals surface area (Å²) in [4.78, 5) is 61.9. The van der Waals surface area contributed by atoms with E-state index in [2.05, 4.69) is 5.32 Å². The van der Waals surface area contributed by atoms with Gasteiger partial charge in [0.2, 0.25) is 0 Å². The molecule has 5 amide bonds. The number of carbonyl (C=O) groups is 5. The second kappa shape index (κ2) is 8.97. The van der Waals surface area contributed by atoms with Gasteiger partial charge in [-0.15, -0.1) is 0 Å². The minimum atomic E-state index is -0.890. The highest BCUT2D eigenvalue weighted by atomic mass is 35.5. The zero-order valence-corrected chi connectivity index (χ0v) is 17.4. The fourth-order valence-electron chi connectivity index (χ4n) is 2.90. The number of amides is 5. The van der Waals surface area contributed by atoms with Crippen LogP contribution >= 0.6 is 11.6 Å². The Morgan fingerprint density at radius 2 is 1.71 bits per heavy atom. The van der Waals surface area contributed by atoms with Gasteiger partial charge in [0, 0.05) is 6.04 Å². The maximum absolute atomic E-state index is 12.8. The maximum Gasteiger partial charge on any atom is 0.338 e. The normalized spacial score (nSPS) is 12.6. The van der Waals surface area contributed by atoms with Crippen molar-refractivity contribution in [3.63, 3.8) is 0 Å². The van der Waals surface area contributed by atoms with Crippen molar-refractivity contribution < 1.29 is 28.7 Å². The number of nitrogens with one attached hydrogen (secondary N) is 2. The molecule has 31 heavy (non-hydrogen) atoms. The third kappa shape index (κ3) is 4.72. The van der Waals surface area contributed by atoms with Gasteiger partial charge in [0.1, 0.15) is 0 Å². The molecule has 0 unspecified atom stereocenters. The number of nitrogens with zero attached hydrogens (tertiary/aromatic N) is 1. The number of ether oxygens (including phenoxy) is 1. The third-order valence-corrected chi connectivity index (χ3v) is 4.54. The molecule has 2 N–H and O–H groups in total. The highest BCUT2D eigenvalue weighted by Crippen LogP contribution is 2.33. The summed E-state index contributed by atoms with van der Waals surface area (Å²) in [6.07, 6.45) is 0. The van der Waals surface area contributed by atoms with Crippen LogP contribution in [0.4, 0.5) is 10.5 Å². The van der Waals surface area contributed by atoms with Gasteiger partial charge in [-0.05, 0) is 44.2 Å². The smallest absolute Gasteiger partial charge is 0.338 e. The van der Waals surface area contributed by atoms with Gasteiger partial charge in [-0.2, -0.15) is 0 Å². The first-order valence-electron chi connectivity index (χ1n) is 9.24. The molecule has 1 aliphatic rings. The fraction of sp³-hybridized carbons (Fsp3) is 0.190.